The van der Waals surface area contributed by atoms with E-state index >= 15 is 0 Å². The van der Waals surface area contributed by atoms with Crippen LogP contribution in [0.1, 0.15) is 81.5 Å². The first kappa shape index (κ1) is 37.0. The Morgan fingerprint density at radius 2 is 2.00 bits per heavy atom. The second-order valence-electron chi connectivity index (χ2n) is 15.2. The van der Waals surface area contributed by atoms with Crippen molar-refractivity contribution < 1.29 is 32.6 Å². The van der Waals surface area contributed by atoms with Crippen LogP contribution >= 0.6 is 11.3 Å². The number of aryl methyl sites for hydroxylation is 1. The third-order valence-electron chi connectivity index (χ3n) is 11.5. The first-order chi connectivity index (χ1) is 25.3. The van der Waals surface area contributed by atoms with Gasteiger partial charge in [-0.05, 0) is 81.4 Å². The number of piperidine rings is 1. The standard InChI is InChI=1S/C39H45N5O7S2/c1-5-27-23-52-35(40-27)30-19-33(29-12-11-25(22-45)24(2)34(29)41-30)51-28-13-17-44-31(18-28)32(46)21-39(36(47)42-53(49,50)38(3)14-15-38)20-26(39)10-8-6-7-9-16-43(4)37(44)48/h1,8,10-12,19,23,26,28,31,45H,6-7,9,13-18,20-22H2,2-4H3,(H,42,47)/b10-8-/t26-,28-,31-,39+/m0/s1. The molecule has 4 aliphatic rings. The molecule has 4 heterocycles. The molecule has 2 saturated carbocycles. The number of urea groups is 1. The minimum Gasteiger partial charge on any atom is -0.489 e. The zero-order valence-electron chi connectivity index (χ0n) is 30.3. The fraction of sp³-hybridized carbons (Fsp3) is 0.513. The summed E-state index contributed by atoms with van der Waals surface area (Å²) in [6.45, 7) is 4.14. The van der Waals surface area contributed by atoms with E-state index in [1.54, 1.807) is 35.2 Å². The zero-order valence-corrected chi connectivity index (χ0v) is 31.9. The molecule has 2 aromatic heterocycles. The van der Waals surface area contributed by atoms with E-state index in [2.05, 4.69) is 15.6 Å². The second-order valence-corrected chi connectivity index (χ2v) is 18.2. The summed E-state index contributed by atoms with van der Waals surface area (Å²) in [5.74, 6) is 1.84. The quantitative estimate of drug-likeness (QED) is 0.247. The van der Waals surface area contributed by atoms with Crippen molar-refractivity contribution in [3.05, 3.63) is 52.6 Å². The number of thiazole rings is 1. The van der Waals surface area contributed by atoms with E-state index in [1.165, 1.54) is 11.3 Å². The van der Waals surface area contributed by atoms with Gasteiger partial charge in [-0.25, -0.2) is 23.2 Å². The highest BCUT2D eigenvalue weighted by atomic mass is 32.2. The number of carbonyl (C=O) groups excluding carboxylic acids is 3. The Kier molecular flexibility index (Phi) is 9.88. The van der Waals surface area contributed by atoms with Crippen molar-refractivity contribution in [1.29, 1.82) is 0 Å². The Hall–Kier alpha value is -4.32. The summed E-state index contributed by atoms with van der Waals surface area (Å²) in [4.78, 5) is 54.9. The Morgan fingerprint density at radius 3 is 2.72 bits per heavy atom. The maximum absolute atomic E-state index is 14.5. The monoisotopic (exact) mass is 759 g/mol. The van der Waals surface area contributed by atoms with Crippen LogP contribution in [-0.4, -0.2) is 88.0 Å². The van der Waals surface area contributed by atoms with Crippen LogP contribution in [0.5, 0.6) is 5.75 Å². The second kappa shape index (κ2) is 14.2. The normalized spacial score (nSPS) is 26.5. The summed E-state index contributed by atoms with van der Waals surface area (Å²) in [6, 6.07) is 4.34. The molecule has 0 spiro atoms. The van der Waals surface area contributed by atoms with Crippen LogP contribution in [0.4, 0.5) is 4.79 Å². The molecule has 7 rings (SSSR count). The highest BCUT2D eigenvalue weighted by Gasteiger charge is 2.62. The van der Waals surface area contributed by atoms with E-state index < -0.39 is 38.2 Å². The number of amides is 3. The maximum Gasteiger partial charge on any atom is 0.320 e. The largest absolute Gasteiger partial charge is 0.489 e. The molecule has 12 nitrogen and oxygen atoms in total. The molecule has 2 aliphatic heterocycles. The Morgan fingerprint density at radius 1 is 1.21 bits per heavy atom. The van der Waals surface area contributed by atoms with Crippen LogP contribution in [-0.2, 0) is 26.2 Å². The number of hydrogen-bond donors (Lipinski definition) is 2. The van der Waals surface area contributed by atoms with Gasteiger partial charge >= 0.3 is 6.03 Å². The topological polar surface area (TPSA) is 159 Å². The van der Waals surface area contributed by atoms with Crippen molar-refractivity contribution >= 4 is 50.0 Å². The molecule has 2 aliphatic carbocycles. The number of pyridine rings is 1. The molecule has 1 aromatic carbocycles. The van der Waals surface area contributed by atoms with Gasteiger partial charge in [0.1, 0.15) is 28.2 Å². The van der Waals surface area contributed by atoms with Crippen molar-refractivity contribution in [3.8, 4) is 28.8 Å². The summed E-state index contributed by atoms with van der Waals surface area (Å²) in [7, 11) is -2.18. The van der Waals surface area contributed by atoms with Gasteiger partial charge in [0.15, 0.2) is 5.78 Å². The number of rotatable bonds is 7. The van der Waals surface area contributed by atoms with Crippen molar-refractivity contribution in [2.24, 2.45) is 11.3 Å². The molecule has 14 heteroatoms. The van der Waals surface area contributed by atoms with Gasteiger partial charge in [-0.1, -0.05) is 18.2 Å². The molecule has 3 amide bonds. The number of benzene rings is 1. The van der Waals surface area contributed by atoms with Gasteiger partial charge in [-0.15, -0.1) is 17.8 Å². The number of Topliss-reactive ketones (excluding diaryl/α,β-unsaturated/α-hetero) is 1. The number of sulfonamides is 1. The number of nitrogens with zero attached hydrogens (tertiary/aromatic N) is 4. The van der Waals surface area contributed by atoms with Gasteiger partial charge < -0.3 is 19.6 Å². The number of nitrogens with one attached hydrogen (secondary N) is 1. The lowest BCUT2D eigenvalue weighted by Crippen LogP contribution is -2.56. The number of aromatic nitrogens is 2. The fourth-order valence-corrected chi connectivity index (χ4v) is 9.62. The minimum atomic E-state index is -3.92. The molecule has 53 heavy (non-hydrogen) atoms. The van der Waals surface area contributed by atoms with E-state index in [9.17, 15) is 27.9 Å². The number of ketones is 1. The van der Waals surface area contributed by atoms with Crippen LogP contribution in [0.2, 0.25) is 0 Å². The number of terminal acetylenes is 1. The summed E-state index contributed by atoms with van der Waals surface area (Å²) < 4.78 is 34.4. The number of carbonyl (C=O) groups is 3. The van der Waals surface area contributed by atoms with Gasteiger partial charge in [0.25, 0.3) is 0 Å². The number of hydrogen-bond acceptors (Lipinski definition) is 10. The molecule has 280 valence electrons. The van der Waals surface area contributed by atoms with E-state index in [1.807, 2.05) is 31.2 Å². The summed E-state index contributed by atoms with van der Waals surface area (Å²) in [5, 5.41) is 13.1. The number of aliphatic hydroxyl groups excluding tert-OH is 1. The summed E-state index contributed by atoms with van der Waals surface area (Å²) in [6.07, 6.45) is 13.2. The minimum absolute atomic E-state index is 0.158. The zero-order chi connectivity index (χ0) is 37.7. The van der Waals surface area contributed by atoms with Gasteiger partial charge in [-0.2, -0.15) is 0 Å². The lowest BCUT2D eigenvalue weighted by atomic mass is 9.87. The highest BCUT2D eigenvalue weighted by Crippen LogP contribution is 2.57. The molecule has 4 atom stereocenters. The molecule has 0 unspecified atom stereocenters. The Balaban J connectivity index is 1.21. The fourth-order valence-electron chi connectivity index (χ4n) is 7.57. The van der Waals surface area contributed by atoms with Crippen molar-refractivity contribution in [2.75, 3.05) is 20.1 Å². The maximum atomic E-state index is 14.5. The highest BCUT2D eigenvalue weighted by molar-refractivity contribution is 7.91. The molecule has 3 aromatic rings. The molecule has 0 radical (unpaired) electrons. The molecule has 0 bridgehead atoms. The van der Waals surface area contributed by atoms with Crippen LogP contribution in [0.15, 0.2) is 35.7 Å². The van der Waals surface area contributed by atoms with Gasteiger partial charge in [0, 0.05) is 56.2 Å². The predicted molar refractivity (Wildman–Crippen MR) is 201 cm³/mol. The SMILES string of the molecule is C#Cc1csc(-c2cc(O[C@H]3CCN4C(=O)N(C)CCCC/C=C\[C@H]5C[C@@]5(C(=O)NS(=O)(=O)C5(C)CC5)CC(=O)[C@@H]4C3)c3ccc(CO)c(C)c3n2)n1. The summed E-state index contributed by atoms with van der Waals surface area (Å²) >= 11 is 1.36. The van der Waals surface area contributed by atoms with Crippen molar-refractivity contribution in [1.82, 2.24) is 24.5 Å². The molecular weight excluding hydrogens is 715 g/mol. The van der Waals surface area contributed by atoms with Crippen molar-refractivity contribution in [3.63, 3.8) is 0 Å². The van der Waals surface area contributed by atoms with Gasteiger partial charge in [0.2, 0.25) is 15.9 Å². The van der Waals surface area contributed by atoms with Crippen LogP contribution in [0, 0.1) is 30.6 Å². The molecule has 2 N–H and O–H groups in total. The average Bonchev–Trinajstić information content (AvgIpc) is 4.01. The van der Waals surface area contributed by atoms with Crippen LogP contribution in [0.25, 0.3) is 21.6 Å². The molecule has 3 fully saturated rings. The number of aliphatic hydroxyl groups is 1. The van der Waals surface area contributed by atoms with E-state index in [0.29, 0.717) is 59.9 Å². The average molecular weight is 760 g/mol. The molecule has 1 saturated heterocycles. The smallest absolute Gasteiger partial charge is 0.320 e. The van der Waals surface area contributed by atoms with Gasteiger partial charge in [-0.3, -0.25) is 14.3 Å². The number of ether oxygens (including phenoxy) is 1. The lowest BCUT2D eigenvalue weighted by Gasteiger charge is -2.41. The Bertz CT molecular complexity index is 2150. The van der Waals surface area contributed by atoms with E-state index in [0.717, 1.165) is 35.8 Å². The first-order valence-electron chi connectivity index (χ1n) is 18.2. The summed E-state index contributed by atoms with van der Waals surface area (Å²) in [5.41, 5.74) is 1.99. The first-order valence-corrected chi connectivity index (χ1v) is 20.6. The Labute approximate surface area is 314 Å². The third kappa shape index (κ3) is 7.06. The number of allylic oxidation sites excluding steroid dienone is 2. The third-order valence-corrected chi connectivity index (χ3v) is 14.6. The van der Waals surface area contributed by atoms with Gasteiger partial charge in [0.05, 0.1) is 28.3 Å². The van der Waals surface area contributed by atoms with E-state index in [-0.39, 0.29) is 43.7 Å². The number of fused-ring (bicyclic) bond motifs is 3. The predicted octanol–water partition coefficient (Wildman–Crippen LogP) is 5.11. The van der Waals surface area contributed by atoms with Crippen LogP contribution < -0.4 is 9.46 Å². The molecular formula is C39H45N5O7S2. The van der Waals surface area contributed by atoms with Crippen LogP contribution in [0.3, 0.4) is 0 Å². The van der Waals surface area contributed by atoms with Crippen molar-refractivity contribution in [2.45, 2.75) is 95.1 Å². The van der Waals surface area contributed by atoms with E-state index in [4.69, 9.17) is 16.1 Å². The lowest BCUT2D eigenvalue weighted by molar-refractivity contribution is -0.133.